The summed E-state index contributed by atoms with van der Waals surface area (Å²) in [6.45, 7) is 4.82. The van der Waals surface area contributed by atoms with Crippen LogP contribution in [0.2, 0.25) is 5.02 Å². The Kier molecular flexibility index (Phi) is 8.00. The third kappa shape index (κ3) is 6.04. The Morgan fingerprint density at radius 3 is 2.84 bits per heavy atom. The number of rotatable bonds is 7. The molecule has 1 amide bonds. The van der Waals surface area contributed by atoms with Crippen molar-refractivity contribution in [1.29, 1.82) is 0 Å². The number of benzene rings is 2. The number of halogens is 1. The van der Waals surface area contributed by atoms with Gasteiger partial charge in [0.2, 0.25) is 0 Å². The number of ether oxygens (including phenoxy) is 1. The molecule has 1 aliphatic rings. The third-order valence-corrected chi connectivity index (χ3v) is 5.46. The van der Waals surface area contributed by atoms with E-state index < -0.39 is 0 Å². The van der Waals surface area contributed by atoms with E-state index in [1.54, 1.807) is 14.2 Å². The Morgan fingerprint density at radius 2 is 2.10 bits per heavy atom. The minimum Gasteiger partial charge on any atom is -0.495 e. The van der Waals surface area contributed by atoms with E-state index in [9.17, 15) is 4.79 Å². The summed E-state index contributed by atoms with van der Waals surface area (Å²) in [5, 5.41) is 10.3. The molecule has 1 aliphatic heterocycles. The van der Waals surface area contributed by atoms with Crippen LogP contribution in [0.1, 0.15) is 29.3 Å². The number of hydrogen-bond acceptors (Lipinski definition) is 4. The Balaban J connectivity index is 1.56. The lowest BCUT2D eigenvalue weighted by atomic mass is 10.1. The summed E-state index contributed by atoms with van der Waals surface area (Å²) in [7, 11) is 3.43. The quantitative estimate of drug-likeness (QED) is 0.453. The van der Waals surface area contributed by atoms with Gasteiger partial charge >= 0.3 is 0 Å². The maximum Gasteiger partial charge on any atom is 0.251 e. The summed E-state index contributed by atoms with van der Waals surface area (Å²) < 4.78 is 5.49. The van der Waals surface area contributed by atoms with Crippen LogP contribution in [0.3, 0.4) is 0 Å². The van der Waals surface area contributed by atoms with Crippen molar-refractivity contribution in [2.75, 3.05) is 38.7 Å². The smallest absolute Gasteiger partial charge is 0.251 e. The monoisotopic (exact) mass is 443 g/mol. The standard InChI is InChI=1S/C23H30ClN5O2/c1-4-26-22(30)17-7-5-6-16(12-17)14-27-23(25-2)28-19-10-11-29(15-19)20-13-18(24)8-9-21(20)31-3/h5-9,12-13,19H,4,10-11,14-15H2,1-3H3,(H,26,30)(H2,25,27,28). The van der Waals surface area contributed by atoms with Gasteiger partial charge in [0.05, 0.1) is 12.8 Å². The van der Waals surface area contributed by atoms with E-state index >= 15 is 0 Å². The third-order valence-electron chi connectivity index (χ3n) is 5.22. The van der Waals surface area contributed by atoms with Crippen molar-refractivity contribution in [2.24, 2.45) is 4.99 Å². The normalized spacial score (nSPS) is 16.2. The van der Waals surface area contributed by atoms with Gasteiger partial charge in [0.25, 0.3) is 5.91 Å². The lowest BCUT2D eigenvalue weighted by molar-refractivity contribution is 0.0955. The number of nitrogens with zero attached hydrogens (tertiary/aromatic N) is 2. The fraction of sp³-hybridized carbons (Fsp3) is 0.391. The van der Waals surface area contributed by atoms with Gasteiger partial charge in [-0.1, -0.05) is 23.7 Å². The highest BCUT2D eigenvalue weighted by molar-refractivity contribution is 6.30. The molecule has 166 valence electrons. The fourth-order valence-electron chi connectivity index (χ4n) is 3.67. The average Bonchev–Trinajstić information content (AvgIpc) is 3.25. The highest BCUT2D eigenvalue weighted by atomic mass is 35.5. The lowest BCUT2D eigenvalue weighted by Gasteiger charge is -2.22. The number of nitrogens with one attached hydrogen (secondary N) is 3. The van der Waals surface area contributed by atoms with E-state index in [4.69, 9.17) is 16.3 Å². The molecule has 2 aromatic rings. The van der Waals surface area contributed by atoms with E-state index in [-0.39, 0.29) is 11.9 Å². The Labute approximate surface area is 188 Å². The molecule has 1 atom stereocenters. The first-order chi connectivity index (χ1) is 15.0. The predicted octanol–water partition coefficient (Wildman–Crippen LogP) is 3.04. The predicted molar refractivity (Wildman–Crippen MR) is 126 cm³/mol. The van der Waals surface area contributed by atoms with Crippen LogP contribution in [-0.4, -0.2) is 51.7 Å². The molecule has 1 fully saturated rings. The number of amides is 1. The molecule has 31 heavy (non-hydrogen) atoms. The first-order valence-electron chi connectivity index (χ1n) is 10.5. The van der Waals surface area contributed by atoms with Crippen LogP contribution in [-0.2, 0) is 6.54 Å². The fourth-order valence-corrected chi connectivity index (χ4v) is 3.83. The highest BCUT2D eigenvalue weighted by Crippen LogP contribution is 2.33. The first-order valence-corrected chi connectivity index (χ1v) is 10.8. The van der Waals surface area contributed by atoms with Gasteiger partial charge in [-0.2, -0.15) is 0 Å². The number of hydrogen-bond donors (Lipinski definition) is 3. The van der Waals surface area contributed by atoms with Gasteiger partial charge in [-0.05, 0) is 49.2 Å². The molecule has 0 spiro atoms. The number of guanidine groups is 1. The molecule has 3 N–H and O–H groups in total. The second kappa shape index (κ2) is 10.9. The van der Waals surface area contributed by atoms with Crippen molar-refractivity contribution >= 4 is 29.2 Å². The maximum absolute atomic E-state index is 12.0. The topological polar surface area (TPSA) is 78.0 Å². The Hall–Kier alpha value is -2.93. The average molecular weight is 444 g/mol. The van der Waals surface area contributed by atoms with Gasteiger partial charge < -0.3 is 25.6 Å². The van der Waals surface area contributed by atoms with Crippen molar-refractivity contribution in [3.8, 4) is 5.75 Å². The molecule has 7 nitrogen and oxygen atoms in total. The molecule has 0 radical (unpaired) electrons. The first kappa shape index (κ1) is 22.7. The number of anilines is 1. The molecular weight excluding hydrogens is 414 g/mol. The number of aliphatic imine (C=N–C) groups is 1. The Bertz CT molecular complexity index is 934. The zero-order valence-corrected chi connectivity index (χ0v) is 19.0. The van der Waals surface area contributed by atoms with Crippen LogP contribution in [0.15, 0.2) is 47.5 Å². The second-order valence-corrected chi connectivity index (χ2v) is 7.81. The van der Waals surface area contributed by atoms with Crippen LogP contribution >= 0.6 is 11.6 Å². The highest BCUT2D eigenvalue weighted by Gasteiger charge is 2.25. The van der Waals surface area contributed by atoms with Gasteiger partial charge in [0.15, 0.2) is 5.96 Å². The number of methoxy groups -OCH3 is 1. The molecule has 8 heteroatoms. The summed E-state index contributed by atoms with van der Waals surface area (Å²) in [6.07, 6.45) is 0.975. The van der Waals surface area contributed by atoms with Crippen molar-refractivity contribution in [1.82, 2.24) is 16.0 Å². The summed E-state index contributed by atoms with van der Waals surface area (Å²) in [4.78, 5) is 18.7. The van der Waals surface area contributed by atoms with Crippen LogP contribution in [0.5, 0.6) is 5.75 Å². The van der Waals surface area contributed by atoms with Gasteiger partial charge in [0, 0.05) is 49.9 Å². The largest absolute Gasteiger partial charge is 0.495 e. The van der Waals surface area contributed by atoms with Crippen LogP contribution < -0.4 is 25.6 Å². The molecule has 1 unspecified atom stereocenters. The van der Waals surface area contributed by atoms with Crippen molar-refractivity contribution in [2.45, 2.75) is 25.9 Å². The minimum absolute atomic E-state index is 0.0608. The molecule has 2 aromatic carbocycles. The molecule has 1 saturated heterocycles. The van der Waals surface area contributed by atoms with Crippen molar-refractivity contribution in [3.05, 3.63) is 58.6 Å². The SMILES string of the molecule is CCNC(=O)c1cccc(CNC(=NC)NC2CCN(c3cc(Cl)ccc3OC)C2)c1. The van der Waals surface area contributed by atoms with Crippen LogP contribution in [0, 0.1) is 0 Å². The zero-order valence-electron chi connectivity index (χ0n) is 18.2. The molecule has 0 aliphatic carbocycles. The van der Waals surface area contributed by atoms with Gasteiger partial charge in [-0.15, -0.1) is 0 Å². The van der Waals surface area contributed by atoms with Gasteiger partial charge in [-0.3, -0.25) is 9.79 Å². The van der Waals surface area contributed by atoms with Gasteiger partial charge in [-0.25, -0.2) is 0 Å². The summed E-state index contributed by atoms with van der Waals surface area (Å²) in [6, 6.07) is 13.5. The number of carbonyl (C=O) groups is 1. The number of carbonyl (C=O) groups excluding carboxylic acids is 1. The van der Waals surface area contributed by atoms with Gasteiger partial charge in [0.1, 0.15) is 5.75 Å². The van der Waals surface area contributed by atoms with Crippen molar-refractivity contribution in [3.63, 3.8) is 0 Å². The zero-order chi connectivity index (χ0) is 22.2. The molecular formula is C23H30ClN5O2. The Morgan fingerprint density at radius 1 is 1.26 bits per heavy atom. The van der Waals surface area contributed by atoms with Crippen LogP contribution in [0.25, 0.3) is 0 Å². The molecule has 3 rings (SSSR count). The molecule has 1 heterocycles. The molecule has 0 bridgehead atoms. The molecule has 0 aromatic heterocycles. The van der Waals surface area contributed by atoms with Crippen LogP contribution in [0.4, 0.5) is 5.69 Å². The summed E-state index contributed by atoms with van der Waals surface area (Å²) in [5.74, 6) is 1.49. The lowest BCUT2D eigenvalue weighted by Crippen LogP contribution is -2.44. The van der Waals surface area contributed by atoms with E-state index in [1.165, 1.54) is 0 Å². The van der Waals surface area contributed by atoms with E-state index in [0.29, 0.717) is 23.7 Å². The van der Waals surface area contributed by atoms with Crippen molar-refractivity contribution < 1.29 is 9.53 Å². The summed E-state index contributed by atoms with van der Waals surface area (Å²) >= 11 is 6.19. The molecule has 0 saturated carbocycles. The minimum atomic E-state index is -0.0608. The van der Waals surface area contributed by atoms with E-state index in [2.05, 4.69) is 25.8 Å². The summed E-state index contributed by atoms with van der Waals surface area (Å²) in [5.41, 5.74) is 2.68. The maximum atomic E-state index is 12.0. The van der Waals surface area contributed by atoms with E-state index in [1.807, 2.05) is 49.4 Å². The van der Waals surface area contributed by atoms with E-state index in [0.717, 1.165) is 42.5 Å². The second-order valence-electron chi connectivity index (χ2n) is 7.38.